The maximum atomic E-state index is 2.48. The summed E-state index contributed by atoms with van der Waals surface area (Å²) in [5.41, 5.74) is 14.6. The van der Waals surface area contributed by atoms with Crippen LogP contribution in [0.3, 0.4) is 0 Å². The Hall–Kier alpha value is -6.44. The lowest BCUT2D eigenvalue weighted by molar-refractivity contribution is 0.621. The van der Waals surface area contributed by atoms with E-state index in [9.17, 15) is 0 Å². The van der Waals surface area contributed by atoms with Crippen LogP contribution < -0.4 is 4.90 Å². The zero-order chi connectivity index (χ0) is 35.9. The van der Waals surface area contributed by atoms with Gasteiger partial charge in [0.2, 0.25) is 0 Å². The van der Waals surface area contributed by atoms with Gasteiger partial charge in [0.05, 0.1) is 11.1 Å². The van der Waals surface area contributed by atoms with Gasteiger partial charge in [-0.25, -0.2) is 0 Å². The van der Waals surface area contributed by atoms with Crippen molar-refractivity contribution in [2.24, 2.45) is 0 Å². The van der Waals surface area contributed by atoms with Crippen molar-refractivity contribution in [3.8, 4) is 22.3 Å². The summed E-state index contributed by atoms with van der Waals surface area (Å²) >= 11 is 0. The molecule has 0 fully saturated rings. The Bertz CT molecular complexity index is 2590. The van der Waals surface area contributed by atoms with Crippen molar-refractivity contribution in [1.82, 2.24) is 0 Å². The fourth-order valence-corrected chi connectivity index (χ4v) is 9.48. The number of fused-ring (bicyclic) bond motifs is 4. The van der Waals surface area contributed by atoms with Crippen molar-refractivity contribution in [2.75, 3.05) is 4.90 Å². The highest BCUT2D eigenvalue weighted by molar-refractivity contribution is 6.03. The Morgan fingerprint density at radius 1 is 0.444 bits per heavy atom. The third-order valence-electron chi connectivity index (χ3n) is 11.8. The quantitative estimate of drug-likeness (QED) is 0.150. The van der Waals surface area contributed by atoms with Crippen LogP contribution in [0, 0.1) is 0 Å². The molecule has 0 aliphatic heterocycles. The highest BCUT2D eigenvalue weighted by Gasteiger charge is 2.46. The molecule has 8 aromatic carbocycles. The lowest BCUT2D eigenvalue weighted by Gasteiger charge is -2.35. The predicted octanol–water partition coefficient (Wildman–Crippen LogP) is 14.2. The number of para-hydroxylation sites is 2. The minimum Gasteiger partial charge on any atom is -0.310 e. The summed E-state index contributed by atoms with van der Waals surface area (Å²) in [5.74, 6) is 0.514. The van der Waals surface area contributed by atoms with E-state index < -0.39 is 5.41 Å². The zero-order valence-corrected chi connectivity index (χ0v) is 30.3. The molecule has 2 aliphatic rings. The van der Waals surface area contributed by atoms with Gasteiger partial charge in [0, 0.05) is 16.9 Å². The Balaban J connectivity index is 1.23. The average Bonchev–Trinajstić information content (AvgIpc) is 3.55. The first kappa shape index (κ1) is 32.2. The summed E-state index contributed by atoms with van der Waals surface area (Å²) in [7, 11) is 0. The number of allylic oxidation sites excluding steroid dienone is 2. The second kappa shape index (κ2) is 13.5. The van der Waals surface area contributed by atoms with Crippen LogP contribution in [0.25, 0.3) is 33.0 Å². The SMILES string of the molecule is C1=CCC(c2cccc3cccc(-c4ccccc4N(c4ccccc4)c4ccc5c(c4)C(c4ccccc4)(c4ccccc4)c4ccccc4-5)c23)CC1. The number of hydrogen-bond acceptors (Lipinski definition) is 1. The number of benzene rings is 8. The van der Waals surface area contributed by atoms with E-state index in [0.717, 1.165) is 29.9 Å². The van der Waals surface area contributed by atoms with Gasteiger partial charge < -0.3 is 4.90 Å². The molecule has 0 saturated carbocycles. The van der Waals surface area contributed by atoms with Gasteiger partial charge in [0.1, 0.15) is 0 Å². The normalized spacial score (nSPS) is 15.4. The van der Waals surface area contributed by atoms with Gasteiger partial charge in [0.25, 0.3) is 0 Å². The van der Waals surface area contributed by atoms with Crippen LogP contribution in [-0.2, 0) is 5.41 Å². The van der Waals surface area contributed by atoms with Crippen LogP contribution in [0.5, 0.6) is 0 Å². The van der Waals surface area contributed by atoms with Crippen LogP contribution in [0.1, 0.15) is 53.0 Å². The first-order valence-electron chi connectivity index (χ1n) is 19.3. The number of hydrogen-bond donors (Lipinski definition) is 0. The molecule has 258 valence electrons. The summed E-state index contributed by atoms with van der Waals surface area (Å²) in [6, 6.07) is 72.0. The Labute approximate surface area is 318 Å². The third-order valence-corrected chi connectivity index (χ3v) is 11.8. The molecule has 0 radical (unpaired) electrons. The highest BCUT2D eigenvalue weighted by atomic mass is 15.1. The van der Waals surface area contributed by atoms with Crippen molar-refractivity contribution in [2.45, 2.75) is 30.6 Å². The Morgan fingerprint density at radius 2 is 1.06 bits per heavy atom. The van der Waals surface area contributed by atoms with Gasteiger partial charge in [-0.15, -0.1) is 0 Å². The van der Waals surface area contributed by atoms with Gasteiger partial charge in [-0.3, -0.25) is 0 Å². The summed E-state index contributed by atoms with van der Waals surface area (Å²) in [4.78, 5) is 2.48. The smallest absolute Gasteiger partial charge is 0.0714 e. The van der Waals surface area contributed by atoms with Crippen molar-refractivity contribution in [1.29, 1.82) is 0 Å². The van der Waals surface area contributed by atoms with Crippen molar-refractivity contribution in [3.63, 3.8) is 0 Å². The molecule has 10 rings (SSSR count). The maximum Gasteiger partial charge on any atom is 0.0714 e. The standard InChI is InChI=1S/C53H41N/c1-5-19-38(20-6-1)44-31-17-21-39-22-18-32-48(52(39)44)47-30-14-16-34-51(47)54(42-27-11-4-12-28-42)43-35-36-46-45-29-13-15-33-49(45)53(50(46)37-43,40-23-7-2-8-24-40)41-25-9-3-10-26-41/h1-5,7-18,21-38H,6,19-20H2. The molecule has 0 amide bonds. The summed E-state index contributed by atoms with van der Waals surface area (Å²) < 4.78 is 0. The van der Waals surface area contributed by atoms with E-state index in [0.29, 0.717) is 5.92 Å². The largest absolute Gasteiger partial charge is 0.310 e. The molecule has 1 unspecified atom stereocenters. The van der Waals surface area contributed by atoms with E-state index in [-0.39, 0.29) is 0 Å². The van der Waals surface area contributed by atoms with Crippen LogP contribution >= 0.6 is 0 Å². The molecular weight excluding hydrogens is 651 g/mol. The van der Waals surface area contributed by atoms with Crippen molar-refractivity contribution in [3.05, 3.63) is 234 Å². The minimum absolute atomic E-state index is 0.481. The second-order valence-electron chi connectivity index (χ2n) is 14.7. The Morgan fingerprint density at radius 3 is 1.78 bits per heavy atom. The fourth-order valence-electron chi connectivity index (χ4n) is 9.48. The molecule has 0 saturated heterocycles. The lowest BCUT2D eigenvalue weighted by atomic mass is 9.67. The van der Waals surface area contributed by atoms with Crippen molar-refractivity contribution < 1.29 is 0 Å². The van der Waals surface area contributed by atoms with Gasteiger partial charge in [-0.1, -0.05) is 176 Å². The molecule has 54 heavy (non-hydrogen) atoms. The molecule has 8 aromatic rings. The number of anilines is 3. The minimum atomic E-state index is -0.481. The van der Waals surface area contributed by atoms with Crippen molar-refractivity contribution >= 4 is 27.8 Å². The van der Waals surface area contributed by atoms with Gasteiger partial charge in [-0.2, -0.15) is 0 Å². The maximum absolute atomic E-state index is 2.48. The van der Waals surface area contributed by atoms with Gasteiger partial charge in [-0.05, 0) is 111 Å². The van der Waals surface area contributed by atoms with E-state index in [4.69, 9.17) is 0 Å². The topological polar surface area (TPSA) is 3.24 Å². The molecule has 0 aromatic heterocycles. The van der Waals surface area contributed by atoms with Crippen LogP contribution in [0.4, 0.5) is 17.1 Å². The molecular formula is C53H41N. The number of rotatable bonds is 7. The van der Waals surface area contributed by atoms with Gasteiger partial charge >= 0.3 is 0 Å². The first-order valence-corrected chi connectivity index (χ1v) is 19.3. The summed E-state index contributed by atoms with van der Waals surface area (Å²) in [6.45, 7) is 0. The summed E-state index contributed by atoms with van der Waals surface area (Å²) in [6.07, 6.45) is 8.13. The predicted molar refractivity (Wildman–Crippen MR) is 227 cm³/mol. The molecule has 0 spiro atoms. The van der Waals surface area contributed by atoms with Crippen LogP contribution in [0.15, 0.2) is 206 Å². The van der Waals surface area contributed by atoms with Gasteiger partial charge in [0.15, 0.2) is 0 Å². The summed E-state index contributed by atoms with van der Waals surface area (Å²) in [5, 5.41) is 2.67. The molecule has 0 heterocycles. The lowest BCUT2D eigenvalue weighted by Crippen LogP contribution is -2.28. The molecule has 1 nitrogen and oxygen atoms in total. The second-order valence-corrected chi connectivity index (χ2v) is 14.7. The van der Waals surface area contributed by atoms with E-state index in [1.807, 2.05) is 0 Å². The Kier molecular flexibility index (Phi) is 8.07. The van der Waals surface area contributed by atoms with E-state index in [1.54, 1.807) is 0 Å². The van der Waals surface area contributed by atoms with Crippen LogP contribution in [0.2, 0.25) is 0 Å². The van der Waals surface area contributed by atoms with E-state index >= 15 is 0 Å². The van der Waals surface area contributed by atoms with Crippen LogP contribution in [-0.4, -0.2) is 0 Å². The molecule has 1 atom stereocenters. The zero-order valence-electron chi connectivity index (χ0n) is 30.3. The monoisotopic (exact) mass is 691 g/mol. The fraction of sp³-hybridized carbons (Fsp3) is 0.0943. The average molecular weight is 692 g/mol. The molecule has 2 aliphatic carbocycles. The molecule has 1 heteroatoms. The van der Waals surface area contributed by atoms with E-state index in [2.05, 4.69) is 211 Å². The number of nitrogens with zero attached hydrogens (tertiary/aromatic N) is 1. The highest BCUT2D eigenvalue weighted by Crippen LogP contribution is 2.57. The molecule has 0 bridgehead atoms. The first-order chi connectivity index (χ1) is 26.8. The third kappa shape index (κ3) is 5.15. The molecule has 0 N–H and O–H groups in total. The van der Waals surface area contributed by atoms with E-state index in [1.165, 1.54) is 67.3 Å².